The van der Waals surface area contributed by atoms with Gasteiger partial charge < -0.3 is 16.9 Å². The summed E-state index contributed by atoms with van der Waals surface area (Å²) >= 11 is 0. The van der Waals surface area contributed by atoms with Crippen molar-refractivity contribution in [2.24, 2.45) is 0 Å². The van der Waals surface area contributed by atoms with Crippen LogP contribution in [0.25, 0.3) is 0 Å². The number of nitrogens with zero attached hydrogens (tertiary/aromatic N) is 1. The number of benzene rings is 1. The molecule has 0 aliphatic heterocycles. The summed E-state index contributed by atoms with van der Waals surface area (Å²) in [6.45, 7) is 5.81. The number of hydrogen-bond acceptors (Lipinski definition) is 6. The van der Waals surface area contributed by atoms with Gasteiger partial charge in [0, 0.05) is 38.5 Å². The Kier molecular flexibility index (Phi) is 17.2. The maximum absolute atomic E-state index is 9.65. The van der Waals surface area contributed by atoms with Crippen LogP contribution >= 0.6 is 21.6 Å². The Balaban J connectivity index is 0. The average Bonchev–Trinajstić information content (AvgIpc) is 2.38. The Morgan fingerprint density at radius 2 is 1.85 bits per heavy atom. The van der Waals surface area contributed by atoms with Gasteiger partial charge >= 0.3 is 0 Å². The van der Waals surface area contributed by atoms with Crippen LogP contribution in [0.3, 0.4) is 0 Å². The van der Waals surface area contributed by atoms with Crippen molar-refractivity contribution in [1.29, 1.82) is 0 Å². The van der Waals surface area contributed by atoms with E-state index < -0.39 is 5.09 Å². The molecule has 0 heterocycles. The molecule has 1 aromatic rings. The van der Waals surface area contributed by atoms with Gasteiger partial charge in [0.15, 0.2) is 0 Å². The van der Waals surface area contributed by atoms with Gasteiger partial charge in [-0.25, -0.2) is 0 Å². The van der Waals surface area contributed by atoms with Crippen molar-refractivity contribution in [3.63, 3.8) is 0 Å². The number of aromatic hydroxyl groups is 1. The van der Waals surface area contributed by atoms with E-state index in [2.05, 4.69) is 11.8 Å². The first-order valence-corrected chi connectivity index (χ1v) is 8.11. The van der Waals surface area contributed by atoms with Crippen molar-refractivity contribution in [3.8, 4) is 5.75 Å². The van der Waals surface area contributed by atoms with Gasteiger partial charge in [0.05, 0.1) is 0 Å². The predicted molar refractivity (Wildman–Crippen MR) is 80.7 cm³/mol. The molecule has 0 amide bonds. The van der Waals surface area contributed by atoms with Crippen molar-refractivity contribution in [3.05, 3.63) is 46.9 Å². The zero-order chi connectivity index (χ0) is 14.5. The fraction of sp³-hybridized carbons (Fsp3) is 0.417. The third-order valence-corrected chi connectivity index (χ3v) is 4.16. The third kappa shape index (κ3) is 16.1. The molecule has 8 heteroatoms. The van der Waals surface area contributed by atoms with E-state index in [1.165, 1.54) is 5.56 Å². The molecule has 0 unspecified atom stereocenters. The van der Waals surface area contributed by atoms with Crippen LogP contribution < -0.4 is 0 Å². The molecule has 1 radical (unpaired) electrons. The Morgan fingerprint density at radius 3 is 2.30 bits per heavy atom. The van der Waals surface area contributed by atoms with Gasteiger partial charge in [0.25, 0.3) is 5.09 Å². The molecule has 0 saturated carbocycles. The maximum Gasteiger partial charge on any atom is 0.294 e. The third-order valence-electron chi connectivity index (χ3n) is 1.71. The molecule has 0 aliphatic rings. The van der Waals surface area contributed by atoms with Crippen molar-refractivity contribution in [2.75, 3.05) is 18.1 Å². The Bertz CT molecular complexity index is 331. The molecule has 1 N–H and O–H groups in total. The summed E-state index contributed by atoms with van der Waals surface area (Å²) in [5.74, 6) is 1.95. The van der Waals surface area contributed by atoms with Gasteiger partial charge in [-0.05, 0) is 24.8 Å². The molecular formula is C12H18NO4S2Y-. The van der Waals surface area contributed by atoms with Crippen LogP contribution in [-0.2, 0) is 37.5 Å². The van der Waals surface area contributed by atoms with E-state index in [1.807, 2.05) is 19.1 Å². The van der Waals surface area contributed by atoms with Crippen LogP contribution in [0.2, 0.25) is 0 Å². The van der Waals surface area contributed by atoms with E-state index >= 15 is 0 Å². The number of hydrogen-bond donors (Lipinski definition) is 1. The Morgan fingerprint density at radius 1 is 1.30 bits per heavy atom. The molecule has 0 aromatic heterocycles. The fourth-order valence-corrected chi connectivity index (χ4v) is 2.63. The van der Waals surface area contributed by atoms with Gasteiger partial charge in [0.2, 0.25) is 0 Å². The molecule has 5 nitrogen and oxygen atoms in total. The first-order chi connectivity index (χ1) is 9.06. The summed E-state index contributed by atoms with van der Waals surface area (Å²) in [5, 5.41) is 17.6. The molecule has 1 aromatic carbocycles. The van der Waals surface area contributed by atoms with E-state index in [4.69, 9.17) is 5.11 Å². The second-order valence-electron chi connectivity index (χ2n) is 3.39. The SMILES string of the molecule is Cc1ccc(O)cc1.[CH2-]CCSSCCO[N+](=O)[O-].[Y]. The fourth-order valence-electron chi connectivity index (χ4n) is 0.867. The predicted octanol–water partition coefficient (Wildman–Crippen LogP) is 3.50. The van der Waals surface area contributed by atoms with Crippen LogP contribution in [0.1, 0.15) is 12.0 Å². The standard InChI is InChI=1S/C7H8O.C5H10NO3S2.Y/c1-6-2-4-7(8)5-3-6;1-2-4-10-11-5-3-9-6(7)8;/h2-5,8H,1H3;1-5H2;/q;-1;. The smallest absolute Gasteiger partial charge is 0.294 e. The van der Waals surface area contributed by atoms with Crippen LogP contribution in [0.5, 0.6) is 5.75 Å². The van der Waals surface area contributed by atoms with Crippen LogP contribution in [0.4, 0.5) is 0 Å². The van der Waals surface area contributed by atoms with Gasteiger partial charge in [-0.3, -0.25) is 0 Å². The van der Waals surface area contributed by atoms with E-state index in [9.17, 15) is 10.1 Å². The molecule has 0 saturated heterocycles. The van der Waals surface area contributed by atoms with Crippen LogP contribution in [0.15, 0.2) is 24.3 Å². The zero-order valence-corrected chi connectivity index (χ0v) is 15.8. The number of aryl methyl sites for hydroxylation is 1. The van der Waals surface area contributed by atoms with Gasteiger partial charge in [0.1, 0.15) is 12.4 Å². The topological polar surface area (TPSA) is 72.6 Å². The number of rotatable bonds is 7. The molecule has 0 atom stereocenters. The molecule has 0 aliphatic carbocycles. The van der Waals surface area contributed by atoms with Crippen molar-refractivity contribution in [1.82, 2.24) is 0 Å². The Hall–Kier alpha value is 0.0239. The molecule has 0 fully saturated rings. The minimum absolute atomic E-state index is 0. The van der Waals surface area contributed by atoms with E-state index in [0.717, 1.165) is 12.2 Å². The summed E-state index contributed by atoms with van der Waals surface area (Å²) in [5.41, 5.74) is 1.17. The minimum atomic E-state index is -0.771. The molecule has 0 bridgehead atoms. The van der Waals surface area contributed by atoms with E-state index in [-0.39, 0.29) is 39.3 Å². The monoisotopic (exact) mass is 393 g/mol. The van der Waals surface area contributed by atoms with Gasteiger partial charge in [-0.1, -0.05) is 39.3 Å². The summed E-state index contributed by atoms with van der Waals surface area (Å²) in [6, 6.07) is 7.09. The minimum Gasteiger partial charge on any atom is -0.508 e. The second-order valence-corrected chi connectivity index (χ2v) is 6.09. The second kappa shape index (κ2) is 15.4. The molecule has 0 spiro atoms. The molecule has 111 valence electrons. The van der Waals surface area contributed by atoms with Crippen molar-refractivity contribution in [2.45, 2.75) is 13.3 Å². The van der Waals surface area contributed by atoms with Gasteiger partial charge in [-0.2, -0.15) is 6.42 Å². The zero-order valence-electron chi connectivity index (χ0n) is 11.4. The van der Waals surface area contributed by atoms with E-state index in [1.54, 1.807) is 33.7 Å². The van der Waals surface area contributed by atoms with Gasteiger partial charge in [-0.15, -0.1) is 10.1 Å². The molecule has 20 heavy (non-hydrogen) atoms. The van der Waals surface area contributed by atoms with Crippen molar-refractivity contribution < 1.29 is 47.7 Å². The first kappa shape index (κ1) is 22.3. The number of phenolic OH excluding ortho intramolecular Hbond substituents is 1. The molecule has 1 rings (SSSR count). The summed E-state index contributed by atoms with van der Waals surface area (Å²) in [4.78, 5) is 13.7. The van der Waals surface area contributed by atoms with Crippen LogP contribution in [0, 0.1) is 24.0 Å². The summed E-state index contributed by atoms with van der Waals surface area (Å²) in [6.07, 6.45) is 0.883. The normalized spacial score (nSPS) is 8.90. The van der Waals surface area contributed by atoms with E-state index in [0.29, 0.717) is 11.5 Å². The largest absolute Gasteiger partial charge is 0.508 e. The number of phenols is 1. The maximum atomic E-state index is 9.65. The average molecular weight is 393 g/mol. The quantitative estimate of drug-likeness (QED) is 0.251. The summed E-state index contributed by atoms with van der Waals surface area (Å²) in [7, 11) is 3.22. The molecular weight excluding hydrogens is 375 g/mol. The first-order valence-electron chi connectivity index (χ1n) is 5.63. The Labute approximate surface area is 152 Å². The van der Waals surface area contributed by atoms with Crippen LogP contribution in [-0.4, -0.2) is 28.3 Å². The summed E-state index contributed by atoms with van der Waals surface area (Å²) < 4.78 is 0. The van der Waals surface area contributed by atoms with Crippen molar-refractivity contribution >= 4 is 21.6 Å².